The maximum atomic E-state index is 11.9. The summed E-state index contributed by atoms with van der Waals surface area (Å²) in [6.45, 7) is 2.87. The molecule has 2 unspecified atom stereocenters. The van der Waals surface area contributed by atoms with Crippen molar-refractivity contribution in [2.75, 3.05) is 6.54 Å². The molecule has 1 fully saturated rings. The number of halogens is 1. The third-order valence-electron chi connectivity index (χ3n) is 4.03. The summed E-state index contributed by atoms with van der Waals surface area (Å²) < 4.78 is 0. The Hall–Kier alpha value is -1.02. The second-order valence-corrected chi connectivity index (χ2v) is 6.54. The van der Waals surface area contributed by atoms with E-state index in [9.17, 15) is 4.79 Å². The molecule has 2 rings (SSSR count). The lowest BCUT2D eigenvalue weighted by Crippen LogP contribution is -2.32. The van der Waals surface area contributed by atoms with Crippen LogP contribution < -0.4 is 5.32 Å². The molecule has 0 spiro atoms. The zero-order chi connectivity index (χ0) is 14.4. The fourth-order valence-corrected chi connectivity index (χ4v) is 3.29. The first-order valence-electron chi connectivity index (χ1n) is 7.60. The van der Waals surface area contributed by atoms with Crippen molar-refractivity contribution in [2.45, 2.75) is 50.8 Å². The SMILES string of the molecule is Cc1cccc(CCC(=O)NCC2CCCC(Cl)C2)c1. The lowest BCUT2D eigenvalue weighted by Gasteiger charge is -2.25. The van der Waals surface area contributed by atoms with Gasteiger partial charge in [0.2, 0.25) is 5.91 Å². The second-order valence-electron chi connectivity index (χ2n) is 5.92. The summed E-state index contributed by atoms with van der Waals surface area (Å²) in [5.41, 5.74) is 2.48. The quantitative estimate of drug-likeness (QED) is 0.821. The Labute approximate surface area is 126 Å². The topological polar surface area (TPSA) is 29.1 Å². The molecule has 1 N–H and O–H groups in total. The molecule has 1 aromatic carbocycles. The number of hydrogen-bond donors (Lipinski definition) is 1. The molecular formula is C17H24ClNO. The van der Waals surface area contributed by atoms with Crippen molar-refractivity contribution in [1.82, 2.24) is 5.32 Å². The number of amides is 1. The van der Waals surface area contributed by atoms with Crippen molar-refractivity contribution >= 4 is 17.5 Å². The standard InChI is InChI=1S/C17H24ClNO/c1-13-4-2-5-14(10-13)8-9-17(20)19-12-15-6-3-7-16(18)11-15/h2,4-5,10,15-16H,3,6-9,11-12H2,1H3,(H,19,20). The Morgan fingerprint density at radius 3 is 3.00 bits per heavy atom. The lowest BCUT2D eigenvalue weighted by molar-refractivity contribution is -0.121. The van der Waals surface area contributed by atoms with E-state index in [2.05, 4.69) is 30.4 Å². The van der Waals surface area contributed by atoms with E-state index in [-0.39, 0.29) is 5.91 Å². The van der Waals surface area contributed by atoms with E-state index < -0.39 is 0 Å². The van der Waals surface area contributed by atoms with E-state index in [0.717, 1.165) is 25.8 Å². The first-order valence-corrected chi connectivity index (χ1v) is 8.03. The number of nitrogens with one attached hydrogen (secondary N) is 1. The number of carbonyl (C=O) groups is 1. The van der Waals surface area contributed by atoms with Gasteiger partial charge in [-0.3, -0.25) is 4.79 Å². The molecule has 1 aromatic rings. The zero-order valence-electron chi connectivity index (χ0n) is 12.2. The Balaban J connectivity index is 1.67. The highest BCUT2D eigenvalue weighted by Crippen LogP contribution is 2.27. The van der Waals surface area contributed by atoms with E-state index in [1.165, 1.54) is 24.0 Å². The molecule has 110 valence electrons. The van der Waals surface area contributed by atoms with Gasteiger partial charge in [-0.15, -0.1) is 11.6 Å². The highest BCUT2D eigenvalue weighted by Gasteiger charge is 2.20. The van der Waals surface area contributed by atoms with Crippen LogP contribution in [0, 0.1) is 12.8 Å². The predicted octanol–water partition coefficient (Wildman–Crippen LogP) is 3.84. The van der Waals surface area contributed by atoms with Crippen LogP contribution in [0.2, 0.25) is 0 Å². The molecule has 1 amide bonds. The fourth-order valence-electron chi connectivity index (χ4n) is 2.88. The van der Waals surface area contributed by atoms with Crippen LogP contribution in [-0.4, -0.2) is 17.8 Å². The average molecular weight is 294 g/mol. The van der Waals surface area contributed by atoms with Crippen molar-refractivity contribution in [3.8, 4) is 0 Å². The lowest BCUT2D eigenvalue weighted by atomic mass is 9.89. The van der Waals surface area contributed by atoms with E-state index in [0.29, 0.717) is 17.7 Å². The molecule has 1 aliphatic rings. The van der Waals surface area contributed by atoms with E-state index >= 15 is 0 Å². The first kappa shape index (κ1) is 15.4. The van der Waals surface area contributed by atoms with Crippen molar-refractivity contribution in [2.24, 2.45) is 5.92 Å². The monoisotopic (exact) mass is 293 g/mol. The minimum atomic E-state index is 0.156. The van der Waals surface area contributed by atoms with Crippen molar-refractivity contribution < 1.29 is 4.79 Å². The first-order chi connectivity index (χ1) is 9.63. The Bertz CT molecular complexity index is 446. The van der Waals surface area contributed by atoms with Gasteiger partial charge in [-0.1, -0.05) is 36.2 Å². The largest absolute Gasteiger partial charge is 0.356 e. The smallest absolute Gasteiger partial charge is 0.220 e. The zero-order valence-corrected chi connectivity index (χ0v) is 13.0. The molecule has 1 saturated carbocycles. The molecule has 20 heavy (non-hydrogen) atoms. The Kier molecular flexibility index (Phi) is 5.90. The van der Waals surface area contributed by atoms with Gasteiger partial charge in [-0.05, 0) is 44.1 Å². The Morgan fingerprint density at radius 1 is 1.40 bits per heavy atom. The number of carbonyl (C=O) groups excluding carboxylic acids is 1. The number of aryl methyl sites for hydroxylation is 2. The fraction of sp³-hybridized carbons (Fsp3) is 0.588. The molecule has 0 saturated heterocycles. The van der Waals surface area contributed by atoms with Crippen LogP contribution >= 0.6 is 11.6 Å². The normalized spacial score (nSPS) is 22.5. The minimum Gasteiger partial charge on any atom is -0.356 e. The Morgan fingerprint density at radius 2 is 2.25 bits per heavy atom. The summed E-state index contributed by atoms with van der Waals surface area (Å²) in [6.07, 6.45) is 5.94. The summed E-state index contributed by atoms with van der Waals surface area (Å²) in [7, 11) is 0. The summed E-state index contributed by atoms with van der Waals surface area (Å²) >= 11 is 6.17. The summed E-state index contributed by atoms with van der Waals surface area (Å²) in [4.78, 5) is 11.9. The summed E-state index contributed by atoms with van der Waals surface area (Å²) in [5, 5.41) is 3.36. The van der Waals surface area contributed by atoms with Crippen LogP contribution in [0.25, 0.3) is 0 Å². The molecule has 2 atom stereocenters. The van der Waals surface area contributed by atoms with Crippen molar-refractivity contribution in [1.29, 1.82) is 0 Å². The van der Waals surface area contributed by atoms with E-state index in [4.69, 9.17) is 11.6 Å². The maximum absolute atomic E-state index is 11.9. The van der Waals surface area contributed by atoms with Gasteiger partial charge in [0.25, 0.3) is 0 Å². The van der Waals surface area contributed by atoms with Crippen LogP contribution in [0.4, 0.5) is 0 Å². The third kappa shape index (κ3) is 5.16. The third-order valence-corrected chi connectivity index (χ3v) is 4.43. The molecular weight excluding hydrogens is 270 g/mol. The van der Waals surface area contributed by atoms with E-state index in [1.54, 1.807) is 0 Å². The second kappa shape index (κ2) is 7.68. The number of alkyl halides is 1. The van der Waals surface area contributed by atoms with Crippen molar-refractivity contribution in [3.63, 3.8) is 0 Å². The molecule has 2 nitrogen and oxygen atoms in total. The van der Waals surface area contributed by atoms with Crippen LogP contribution in [0.15, 0.2) is 24.3 Å². The predicted molar refractivity (Wildman–Crippen MR) is 84.1 cm³/mol. The van der Waals surface area contributed by atoms with Gasteiger partial charge in [0.05, 0.1) is 0 Å². The van der Waals surface area contributed by atoms with Gasteiger partial charge in [0, 0.05) is 18.3 Å². The molecule has 0 aliphatic heterocycles. The molecule has 0 aromatic heterocycles. The average Bonchev–Trinajstić information content (AvgIpc) is 2.43. The molecule has 0 radical (unpaired) electrons. The van der Waals surface area contributed by atoms with E-state index in [1.807, 2.05) is 6.07 Å². The highest BCUT2D eigenvalue weighted by molar-refractivity contribution is 6.20. The van der Waals surface area contributed by atoms with Gasteiger partial charge in [-0.25, -0.2) is 0 Å². The molecule has 1 aliphatic carbocycles. The van der Waals surface area contributed by atoms with Crippen LogP contribution in [0.1, 0.15) is 43.2 Å². The number of rotatable bonds is 5. The van der Waals surface area contributed by atoms with Crippen LogP contribution in [0.5, 0.6) is 0 Å². The van der Waals surface area contributed by atoms with Crippen LogP contribution in [-0.2, 0) is 11.2 Å². The van der Waals surface area contributed by atoms with Gasteiger partial charge < -0.3 is 5.32 Å². The summed E-state index contributed by atoms with van der Waals surface area (Å²) in [5.74, 6) is 0.720. The van der Waals surface area contributed by atoms with Crippen molar-refractivity contribution in [3.05, 3.63) is 35.4 Å². The molecule has 3 heteroatoms. The summed E-state index contributed by atoms with van der Waals surface area (Å²) in [6, 6.07) is 8.35. The molecule has 0 bridgehead atoms. The number of hydrogen-bond acceptors (Lipinski definition) is 1. The van der Waals surface area contributed by atoms with Gasteiger partial charge in [0.1, 0.15) is 0 Å². The van der Waals surface area contributed by atoms with Gasteiger partial charge in [0.15, 0.2) is 0 Å². The van der Waals surface area contributed by atoms with Crippen LogP contribution in [0.3, 0.4) is 0 Å². The number of benzene rings is 1. The van der Waals surface area contributed by atoms with Gasteiger partial charge in [-0.2, -0.15) is 0 Å². The maximum Gasteiger partial charge on any atom is 0.220 e. The molecule has 0 heterocycles. The minimum absolute atomic E-state index is 0.156. The highest BCUT2D eigenvalue weighted by atomic mass is 35.5. The van der Waals surface area contributed by atoms with Gasteiger partial charge >= 0.3 is 0 Å².